The largest absolute Gasteiger partial charge is 0.378 e. The number of nitrogens with zero attached hydrogens (tertiary/aromatic N) is 2. The molecule has 2 amide bonds. The van der Waals surface area contributed by atoms with Gasteiger partial charge in [-0.2, -0.15) is 0 Å². The number of anilines is 1. The van der Waals surface area contributed by atoms with Crippen LogP contribution >= 0.6 is 0 Å². The van der Waals surface area contributed by atoms with E-state index in [1.54, 1.807) is 17.0 Å². The van der Waals surface area contributed by atoms with Crippen molar-refractivity contribution in [3.63, 3.8) is 0 Å². The van der Waals surface area contributed by atoms with Gasteiger partial charge in [-0.05, 0) is 48.2 Å². The van der Waals surface area contributed by atoms with E-state index >= 15 is 0 Å². The molecule has 1 aliphatic carbocycles. The maximum Gasteiger partial charge on any atom is 0.230 e. The number of benzene rings is 2. The number of hydrogen-bond acceptors (Lipinski definition) is 3. The molecule has 0 atom stereocenters. The zero-order chi connectivity index (χ0) is 21.6. The van der Waals surface area contributed by atoms with Crippen LogP contribution < -0.4 is 4.90 Å². The van der Waals surface area contributed by atoms with Crippen LogP contribution in [0.25, 0.3) is 0 Å². The van der Waals surface area contributed by atoms with E-state index in [-0.39, 0.29) is 23.5 Å². The highest BCUT2D eigenvalue weighted by Gasteiger charge is 2.28. The smallest absolute Gasteiger partial charge is 0.230 e. The average Bonchev–Trinajstić information content (AvgIpc) is 3.34. The van der Waals surface area contributed by atoms with Crippen molar-refractivity contribution < 1.29 is 18.7 Å². The van der Waals surface area contributed by atoms with Gasteiger partial charge in [0.2, 0.25) is 11.8 Å². The molecule has 2 fully saturated rings. The van der Waals surface area contributed by atoms with Gasteiger partial charge in [-0.15, -0.1) is 0 Å². The molecule has 2 aromatic carbocycles. The number of ether oxygens (including phenoxy) is 1. The first-order valence-corrected chi connectivity index (χ1v) is 11.1. The molecule has 2 aliphatic rings. The average molecular weight is 425 g/mol. The Balaban J connectivity index is 1.55. The number of hydrogen-bond donors (Lipinski definition) is 0. The van der Waals surface area contributed by atoms with Gasteiger partial charge in [-0.25, -0.2) is 4.39 Å². The van der Waals surface area contributed by atoms with Crippen molar-refractivity contribution in [2.75, 3.05) is 31.2 Å². The Morgan fingerprint density at radius 3 is 2.42 bits per heavy atom. The summed E-state index contributed by atoms with van der Waals surface area (Å²) in [6, 6.07) is 14.0. The molecule has 0 radical (unpaired) electrons. The molecule has 0 spiro atoms. The van der Waals surface area contributed by atoms with Crippen molar-refractivity contribution >= 4 is 17.5 Å². The third-order valence-corrected chi connectivity index (χ3v) is 6.17. The molecule has 164 valence electrons. The van der Waals surface area contributed by atoms with Gasteiger partial charge in [-0.1, -0.05) is 37.1 Å². The molecular formula is C25H29FN2O3. The lowest BCUT2D eigenvalue weighted by Gasteiger charge is -2.28. The van der Waals surface area contributed by atoms with Crippen LogP contribution in [0.2, 0.25) is 0 Å². The summed E-state index contributed by atoms with van der Waals surface area (Å²) < 4.78 is 18.7. The van der Waals surface area contributed by atoms with Crippen molar-refractivity contribution in [3.8, 4) is 0 Å². The maximum atomic E-state index is 13.4. The second kappa shape index (κ2) is 10.1. The predicted molar refractivity (Wildman–Crippen MR) is 117 cm³/mol. The molecule has 0 bridgehead atoms. The Kier molecular flexibility index (Phi) is 6.97. The Bertz CT molecular complexity index is 903. The van der Waals surface area contributed by atoms with Crippen molar-refractivity contribution in [3.05, 3.63) is 65.5 Å². The van der Waals surface area contributed by atoms with Crippen molar-refractivity contribution in [2.24, 2.45) is 5.92 Å². The van der Waals surface area contributed by atoms with E-state index < -0.39 is 0 Å². The first-order valence-electron chi connectivity index (χ1n) is 11.1. The minimum atomic E-state index is -0.291. The standard InChI is InChI=1S/C25H29FN2O3/c26-22-10-8-19(9-11-22)18-28(25(30)21-5-1-2-6-21)23-7-3-4-20(16-23)17-24(29)27-12-14-31-15-13-27/h3-4,7-11,16,21H,1-2,5-6,12-15,17-18H2. The monoisotopic (exact) mass is 424 g/mol. The summed E-state index contributed by atoms with van der Waals surface area (Å²) in [5.74, 6) is -0.0775. The lowest BCUT2D eigenvalue weighted by atomic mass is 10.0. The molecule has 0 N–H and O–H groups in total. The van der Waals surface area contributed by atoms with Gasteiger partial charge in [0.05, 0.1) is 26.2 Å². The summed E-state index contributed by atoms with van der Waals surface area (Å²) in [6.07, 6.45) is 4.28. The van der Waals surface area contributed by atoms with Gasteiger partial charge >= 0.3 is 0 Å². The zero-order valence-corrected chi connectivity index (χ0v) is 17.8. The highest BCUT2D eigenvalue weighted by atomic mass is 19.1. The quantitative estimate of drug-likeness (QED) is 0.706. The minimum Gasteiger partial charge on any atom is -0.378 e. The predicted octanol–water partition coefficient (Wildman–Crippen LogP) is 3.95. The second-order valence-corrected chi connectivity index (χ2v) is 8.37. The summed E-state index contributed by atoms with van der Waals surface area (Å²) >= 11 is 0. The van der Waals surface area contributed by atoms with Crippen molar-refractivity contribution in [2.45, 2.75) is 38.6 Å². The minimum absolute atomic E-state index is 0.0269. The molecule has 5 nitrogen and oxygen atoms in total. The Hall–Kier alpha value is -2.73. The van der Waals surface area contributed by atoms with Gasteiger partial charge in [-0.3, -0.25) is 9.59 Å². The van der Waals surface area contributed by atoms with E-state index in [1.165, 1.54) is 12.1 Å². The lowest BCUT2D eigenvalue weighted by Crippen LogP contribution is -2.41. The van der Waals surface area contributed by atoms with Crippen LogP contribution in [0, 0.1) is 11.7 Å². The van der Waals surface area contributed by atoms with Gasteiger partial charge in [0, 0.05) is 24.7 Å². The van der Waals surface area contributed by atoms with Crippen LogP contribution in [0.4, 0.5) is 10.1 Å². The normalized spacial score (nSPS) is 17.0. The van der Waals surface area contributed by atoms with Crippen LogP contribution in [-0.2, 0) is 27.3 Å². The summed E-state index contributed by atoms with van der Waals surface area (Å²) in [5.41, 5.74) is 2.55. The molecule has 6 heteroatoms. The molecule has 1 heterocycles. The molecular weight excluding hydrogens is 395 g/mol. The van der Waals surface area contributed by atoms with Crippen LogP contribution in [0.1, 0.15) is 36.8 Å². The molecule has 0 aromatic heterocycles. The molecule has 2 aromatic rings. The number of carbonyl (C=O) groups excluding carboxylic acids is 2. The summed E-state index contributed by atoms with van der Waals surface area (Å²) in [4.78, 5) is 29.7. The number of halogens is 1. The van der Waals surface area contributed by atoms with Crippen molar-refractivity contribution in [1.29, 1.82) is 0 Å². The first-order chi connectivity index (χ1) is 15.1. The molecule has 1 aliphatic heterocycles. The van der Waals surface area contributed by atoms with E-state index in [0.29, 0.717) is 39.3 Å². The lowest BCUT2D eigenvalue weighted by molar-refractivity contribution is -0.134. The zero-order valence-electron chi connectivity index (χ0n) is 17.8. The summed E-state index contributed by atoms with van der Waals surface area (Å²) in [6.45, 7) is 2.78. The topological polar surface area (TPSA) is 49.9 Å². The molecule has 0 unspecified atom stereocenters. The fourth-order valence-electron chi connectivity index (χ4n) is 4.40. The number of rotatable bonds is 6. The number of morpholine rings is 1. The molecule has 1 saturated carbocycles. The van der Waals surface area contributed by atoms with Crippen LogP contribution in [0.5, 0.6) is 0 Å². The van der Waals surface area contributed by atoms with Gasteiger partial charge in [0.25, 0.3) is 0 Å². The fraction of sp³-hybridized carbons (Fsp3) is 0.440. The van der Waals surface area contributed by atoms with Crippen LogP contribution in [0.15, 0.2) is 48.5 Å². The molecule has 4 rings (SSSR count). The number of carbonyl (C=O) groups is 2. The maximum absolute atomic E-state index is 13.4. The van der Waals surface area contributed by atoms with Gasteiger partial charge in [0.1, 0.15) is 5.82 Å². The summed E-state index contributed by atoms with van der Waals surface area (Å²) in [5, 5.41) is 0. The first kappa shape index (κ1) is 21.5. The van der Waals surface area contributed by atoms with E-state index in [9.17, 15) is 14.0 Å². The third kappa shape index (κ3) is 5.50. The van der Waals surface area contributed by atoms with Gasteiger partial charge in [0.15, 0.2) is 0 Å². The van der Waals surface area contributed by atoms with Crippen molar-refractivity contribution in [1.82, 2.24) is 4.90 Å². The van der Waals surface area contributed by atoms with Gasteiger partial charge < -0.3 is 14.5 Å². The third-order valence-electron chi connectivity index (χ3n) is 6.17. The van der Waals surface area contributed by atoms with E-state index in [0.717, 1.165) is 42.5 Å². The molecule has 31 heavy (non-hydrogen) atoms. The Morgan fingerprint density at radius 1 is 1.00 bits per heavy atom. The summed E-state index contributed by atoms with van der Waals surface area (Å²) in [7, 11) is 0. The SMILES string of the molecule is O=C(Cc1cccc(N(Cc2ccc(F)cc2)C(=O)C2CCCC2)c1)N1CCOCC1. The molecule has 1 saturated heterocycles. The highest BCUT2D eigenvalue weighted by molar-refractivity contribution is 5.95. The highest BCUT2D eigenvalue weighted by Crippen LogP contribution is 2.30. The second-order valence-electron chi connectivity index (χ2n) is 8.37. The van der Waals surface area contributed by atoms with Crippen LogP contribution in [-0.4, -0.2) is 43.0 Å². The Labute approximate surface area is 182 Å². The van der Waals surface area contributed by atoms with E-state index in [4.69, 9.17) is 4.74 Å². The van der Waals surface area contributed by atoms with E-state index in [1.807, 2.05) is 29.2 Å². The van der Waals surface area contributed by atoms with Crippen LogP contribution in [0.3, 0.4) is 0 Å². The fourth-order valence-corrected chi connectivity index (χ4v) is 4.40. The number of amides is 2. The van der Waals surface area contributed by atoms with E-state index in [2.05, 4.69) is 0 Å². The Morgan fingerprint density at radius 2 is 1.71 bits per heavy atom.